The highest BCUT2D eigenvalue weighted by molar-refractivity contribution is 7.89. The number of nitrogens with zero attached hydrogens (tertiary/aromatic N) is 1. The zero-order valence-electron chi connectivity index (χ0n) is 18.3. The number of carbonyl (C=O) groups is 1. The van der Waals surface area contributed by atoms with Gasteiger partial charge in [0.2, 0.25) is 10.0 Å². The van der Waals surface area contributed by atoms with E-state index in [0.29, 0.717) is 24.5 Å². The van der Waals surface area contributed by atoms with Gasteiger partial charge in [0.05, 0.1) is 19.1 Å². The van der Waals surface area contributed by atoms with Gasteiger partial charge in [0.15, 0.2) is 11.5 Å². The van der Waals surface area contributed by atoms with Crippen molar-refractivity contribution < 1.29 is 22.7 Å². The fourth-order valence-electron chi connectivity index (χ4n) is 4.32. The molecule has 0 aromatic heterocycles. The van der Waals surface area contributed by atoms with Crippen molar-refractivity contribution in [1.29, 1.82) is 0 Å². The van der Waals surface area contributed by atoms with E-state index in [2.05, 4.69) is 4.72 Å². The van der Waals surface area contributed by atoms with Crippen LogP contribution in [0.2, 0.25) is 0 Å². The molecule has 0 radical (unpaired) electrons. The lowest BCUT2D eigenvalue weighted by atomic mass is 10.1. The van der Waals surface area contributed by atoms with Gasteiger partial charge in [-0.25, -0.2) is 13.1 Å². The molecule has 0 saturated heterocycles. The van der Waals surface area contributed by atoms with E-state index in [4.69, 9.17) is 9.47 Å². The molecular formula is C24H28N2O5S. The third-order valence-corrected chi connectivity index (χ3v) is 7.54. The van der Waals surface area contributed by atoms with Gasteiger partial charge in [0, 0.05) is 24.4 Å². The van der Waals surface area contributed by atoms with Crippen molar-refractivity contribution in [2.45, 2.75) is 43.0 Å². The zero-order valence-corrected chi connectivity index (χ0v) is 19.2. The largest absolute Gasteiger partial charge is 0.493 e. The molecule has 2 aromatic rings. The number of ether oxygens (including phenoxy) is 2. The number of amides is 1. The van der Waals surface area contributed by atoms with Gasteiger partial charge in [-0.15, -0.1) is 0 Å². The van der Waals surface area contributed by atoms with E-state index in [9.17, 15) is 13.2 Å². The summed E-state index contributed by atoms with van der Waals surface area (Å²) in [5.74, 6) is 1.06. The van der Waals surface area contributed by atoms with Crippen LogP contribution >= 0.6 is 0 Å². The van der Waals surface area contributed by atoms with Gasteiger partial charge < -0.3 is 14.4 Å². The van der Waals surface area contributed by atoms with Gasteiger partial charge in [-0.05, 0) is 66.8 Å². The minimum atomic E-state index is -3.55. The average Bonchev–Trinajstić information content (AvgIpc) is 3.46. The molecule has 4 rings (SSSR count). The van der Waals surface area contributed by atoms with Crippen molar-refractivity contribution in [1.82, 2.24) is 4.72 Å². The molecule has 0 atom stereocenters. The van der Waals surface area contributed by atoms with Crippen LogP contribution in [0.15, 0.2) is 47.4 Å². The smallest absolute Gasteiger partial charge is 0.251 e. The van der Waals surface area contributed by atoms with Crippen LogP contribution < -0.4 is 19.1 Å². The maximum Gasteiger partial charge on any atom is 0.251 e. The number of carbonyl (C=O) groups excluding carboxylic acids is 1. The maximum atomic E-state index is 12.8. The molecule has 0 spiro atoms. The van der Waals surface area contributed by atoms with E-state index in [1.54, 1.807) is 55.5 Å². The summed E-state index contributed by atoms with van der Waals surface area (Å²) in [4.78, 5) is 14.8. The molecule has 1 aliphatic carbocycles. The van der Waals surface area contributed by atoms with Crippen LogP contribution in [0.1, 0.15) is 36.8 Å². The molecule has 1 amide bonds. The molecule has 170 valence electrons. The highest BCUT2D eigenvalue weighted by atomic mass is 32.2. The number of benzene rings is 2. The normalized spacial score (nSPS) is 16.5. The fourth-order valence-corrected chi connectivity index (χ4v) is 5.67. The van der Waals surface area contributed by atoms with Gasteiger partial charge in [0.25, 0.3) is 5.91 Å². The first kappa shape index (κ1) is 22.4. The third kappa shape index (κ3) is 4.66. The summed E-state index contributed by atoms with van der Waals surface area (Å²) >= 11 is 0. The van der Waals surface area contributed by atoms with Crippen LogP contribution in [0.25, 0.3) is 6.08 Å². The van der Waals surface area contributed by atoms with Crippen LogP contribution in [0, 0.1) is 0 Å². The molecule has 8 heteroatoms. The Bertz CT molecular complexity index is 1140. The Morgan fingerprint density at radius 3 is 2.53 bits per heavy atom. The van der Waals surface area contributed by atoms with Gasteiger partial charge in [-0.1, -0.05) is 18.9 Å². The van der Waals surface area contributed by atoms with Gasteiger partial charge in [0.1, 0.15) is 0 Å². The van der Waals surface area contributed by atoms with Crippen molar-refractivity contribution in [3.63, 3.8) is 0 Å². The lowest BCUT2D eigenvalue weighted by Crippen LogP contribution is -2.32. The van der Waals surface area contributed by atoms with Crippen LogP contribution in [0.5, 0.6) is 11.5 Å². The van der Waals surface area contributed by atoms with Crippen LogP contribution in [0.4, 0.5) is 5.69 Å². The molecule has 7 nitrogen and oxygen atoms in total. The summed E-state index contributed by atoms with van der Waals surface area (Å²) in [6, 6.07) is 10.5. The predicted octanol–water partition coefficient (Wildman–Crippen LogP) is 3.53. The molecule has 1 heterocycles. The Morgan fingerprint density at radius 2 is 1.81 bits per heavy atom. The quantitative estimate of drug-likeness (QED) is 0.645. The third-order valence-electron chi connectivity index (χ3n) is 6.03. The molecule has 1 aliphatic heterocycles. The second kappa shape index (κ2) is 9.34. The standard InChI is InChI=1S/C24H28N2O5S/c1-30-22-11-7-17(15-23(22)31-2)8-12-24(27)26-14-13-18-16-20(9-10-21(18)26)32(28,29)25-19-5-3-4-6-19/h7-12,15-16,19,25H,3-6,13-14H2,1-2H3/b12-8+. The van der Waals surface area contributed by atoms with Gasteiger partial charge in [-0.2, -0.15) is 0 Å². The summed E-state index contributed by atoms with van der Waals surface area (Å²) in [7, 11) is -0.414. The number of hydrogen-bond donors (Lipinski definition) is 1. The first-order chi connectivity index (χ1) is 15.4. The fraction of sp³-hybridized carbons (Fsp3) is 0.375. The Kier molecular flexibility index (Phi) is 6.53. The summed E-state index contributed by atoms with van der Waals surface area (Å²) in [5.41, 5.74) is 2.44. The Balaban J connectivity index is 1.48. The van der Waals surface area contributed by atoms with Crippen LogP contribution in [-0.2, 0) is 21.2 Å². The first-order valence-corrected chi connectivity index (χ1v) is 12.3. The molecule has 0 bridgehead atoms. The minimum Gasteiger partial charge on any atom is -0.493 e. The van der Waals surface area contributed by atoms with Crippen LogP contribution in [0.3, 0.4) is 0 Å². The van der Waals surface area contributed by atoms with E-state index >= 15 is 0 Å². The molecule has 2 aliphatic rings. The average molecular weight is 457 g/mol. The summed E-state index contributed by atoms with van der Waals surface area (Å²) in [5, 5.41) is 0. The highest BCUT2D eigenvalue weighted by Gasteiger charge is 2.27. The minimum absolute atomic E-state index is 0.0213. The van der Waals surface area contributed by atoms with Crippen molar-refractivity contribution in [2.24, 2.45) is 0 Å². The topological polar surface area (TPSA) is 84.9 Å². The lowest BCUT2D eigenvalue weighted by molar-refractivity contribution is -0.114. The second-order valence-corrected chi connectivity index (χ2v) is 9.79. The number of sulfonamides is 1. The van der Waals surface area contributed by atoms with Crippen molar-refractivity contribution in [2.75, 3.05) is 25.7 Å². The number of fused-ring (bicyclic) bond motifs is 1. The molecule has 0 unspecified atom stereocenters. The molecular weight excluding hydrogens is 428 g/mol. The van der Waals surface area contributed by atoms with Gasteiger partial charge in [-0.3, -0.25) is 4.79 Å². The van der Waals surface area contributed by atoms with E-state index in [1.807, 2.05) is 6.07 Å². The number of hydrogen-bond acceptors (Lipinski definition) is 5. The molecule has 32 heavy (non-hydrogen) atoms. The zero-order chi connectivity index (χ0) is 22.7. The SMILES string of the molecule is COc1ccc(/C=C/C(=O)N2CCc3cc(S(=O)(=O)NC4CCCC4)ccc32)cc1OC. The maximum absolute atomic E-state index is 12.8. The molecule has 2 aromatic carbocycles. The van der Waals surface area contributed by atoms with Gasteiger partial charge >= 0.3 is 0 Å². The van der Waals surface area contributed by atoms with E-state index in [1.165, 1.54) is 6.08 Å². The number of rotatable bonds is 7. The van der Waals surface area contributed by atoms with Crippen LogP contribution in [-0.4, -0.2) is 41.1 Å². The lowest BCUT2D eigenvalue weighted by Gasteiger charge is -2.16. The summed E-state index contributed by atoms with van der Waals surface area (Å²) in [6.45, 7) is 0.518. The monoisotopic (exact) mass is 456 g/mol. The number of nitrogens with one attached hydrogen (secondary N) is 1. The molecule has 1 fully saturated rings. The summed E-state index contributed by atoms with van der Waals surface area (Å²) in [6.07, 6.45) is 7.77. The summed E-state index contributed by atoms with van der Waals surface area (Å²) < 4.78 is 38.8. The highest BCUT2D eigenvalue weighted by Crippen LogP contribution is 2.32. The van der Waals surface area contributed by atoms with E-state index < -0.39 is 10.0 Å². The predicted molar refractivity (Wildman–Crippen MR) is 124 cm³/mol. The van der Waals surface area contributed by atoms with Crippen molar-refractivity contribution in [3.8, 4) is 11.5 Å². The Hall–Kier alpha value is -2.84. The number of anilines is 1. The Labute approximate surface area is 189 Å². The number of methoxy groups -OCH3 is 2. The van der Waals surface area contributed by atoms with E-state index in [0.717, 1.165) is 42.5 Å². The van der Waals surface area contributed by atoms with Crippen molar-refractivity contribution >= 4 is 27.7 Å². The second-order valence-electron chi connectivity index (χ2n) is 8.08. The molecule has 1 N–H and O–H groups in total. The van der Waals surface area contributed by atoms with Crippen molar-refractivity contribution in [3.05, 3.63) is 53.6 Å². The molecule has 1 saturated carbocycles. The Morgan fingerprint density at radius 1 is 1.06 bits per heavy atom. The first-order valence-electron chi connectivity index (χ1n) is 10.8. The van der Waals surface area contributed by atoms with E-state index in [-0.39, 0.29) is 16.8 Å².